The van der Waals surface area contributed by atoms with E-state index in [-0.39, 0.29) is 11.9 Å². The SMILES string of the molecule is COC(=O)CCCCCC1OC(C)(C)OC1=O. The fourth-order valence-electron chi connectivity index (χ4n) is 1.78. The number of esters is 2. The molecule has 1 heterocycles. The van der Waals surface area contributed by atoms with Gasteiger partial charge in [0, 0.05) is 20.3 Å². The highest BCUT2D eigenvalue weighted by molar-refractivity contribution is 5.76. The van der Waals surface area contributed by atoms with E-state index in [4.69, 9.17) is 9.47 Å². The average Bonchev–Trinajstić information content (AvgIpc) is 2.51. The van der Waals surface area contributed by atoms with Crippen molar-refractivity contribution in [2.45, 2.75) is 57.8 Å². The zero-order chi connectivity index (χ0) is 12.9. The van der Waals surface area contributed by atoms with Gasteiger partial charge in [0.05, 0.1) is 7.11 Å². The Hall–Kier alpha value is -1.10. The molecule has 1 atom stereocenters. The normalized spacial score (nSPS) is 22.3. The highest BCUT2D eigenvalue weighted by Crippen LogP contribution is 2.26. The van der Waals surface area contributed by atoms with Gasteiger partial charge in [0.2, 0.25) is 5.79 Å². The molecule has 1 fully saturated rings. The number of cyclic esters (lactones) is 1. The Balaban J connectivity index is 2.11. The van der Waals surface area contributed by atoms with Crippen molar-refractivity contribution in [2.24, 2.45) is 0 Å². The molecule has 0 amide bonds. The van der Waals surface area contributed by atoms with E-state index in [1.807, 2.05) is 0 Å². The standard InChI is InChI=1S/C12H20O5/c1-12(2)16-9(11(14)17-12)7-5-4-6-8-10(13)15-3/h9H,4-8H2,1-3H3. The number of hydrogen-bond acceptors (Lipinski definition) is 5. The molecule has 17 heavy (non-hydrogen) atoms. The molecule has 0 bridgehead atoms. The van der Waals surface area contributed by atoms with Gasteiger partial charge < -0.3 is 14.2 Å². The molecule has 0 aromatic heterocycles. The Kier molecular flexibility index (Phi) is 4.93. The number of unbranched alkanes of at least 4 members (excludes halogenated alkanes) is 2. The predicted octanol–water partition coefficient (Wildman–Crippen LogP) is 1.79. The fourth-order valence-corrected chi connectivity index (χ4v) is 1.78. The zero-order valence-electron chi connectivity index (χ0n) is 10.7. The summed E-state index contributed by atoms with van der Waals surface area (Å²) < 4.78 is 15.0. The van der Waals surface area contributed by atoms with Crippen molar-refractivity contribution in [1.29, 1.82) is 0 Å². The van der Waals surface area contributed by atoms with Gasteiger partial charge >= 0.3 is 11.9 Å². The number of carbonyl (C=O) groups is 2. The average molecular weight is 244 g/mol. The van der Waals surface area contributed by atoms with Gasteiger partial charge in [-0.25, -0.2) is 4.79 Å². The number of hydrogen-bond donors (Lipinski definition) is 0. The van der Waals surface area contributed by atoms with Crippen molar-refractivity contribution in [3.05, 3.63) is 0 Å². The van der Waals surface area contributed by atoms with Crippen LogP contribution in [0, 0.1) is 0 Å². The molecule has 1 aliphatic rings. The van der Waals surface area contributed by atoms with Gasteiger partial charge in [0.1, 0.15) is 0 Å². The summed E-state index contributed by atoms with van der Waals surface area (Å²) in [5.74, 6) is -1.28. The molecule has 0 saturated carbocycles. The van der Waals surface area contributed by atoms with Crippen LogP contribution in [0.5, 0.6) is 0 Å². The second kappa shape index (κ2) is 6.00. The van der Waals surface area contributed by atoms with Gasteiger partial charge in [-0.15, -0.1) is 0 Å². The lowest BCUT2D eigenvalue weighted by Gasteiger charge is -2.15. The minimum atomic E-state index is -0.798. The Morgan fingerprint density at radius 2 is 2.06 bits per heavy atom. The summed E-state index contributed by atoms with van der Waals surface area (Å²) in [6.45, 7) is 3.45. The van der Waals surface area contributed by atoms with Crippen molar-refractivity contribution in [2.75, 3.05) is 7.11 Å². The van der Waals surface area contributed by atoms with E-state index in [2.05, 4.69) is 4.74 Å². The van der Waals surface area contributed by atoms with Crippen LogP contribution in [0.4, 0.5) is 0 Å². The van der Waals surface area contributed by atoms with Gasteiger partial charge in [-0.05, 0) is 12.8 Å². The zero-order valence-corrected chi connectivity index (χ0v) is 10.7. The molecule has 1 saturated heterocycles. The summed E-state index contributed by atoms with van der Waals surface area (Å²) in [6, 6.07) is 0. The maximum Gasteiger partial charge on any atom is 0.337 e. The molecule has 5 nitrogen and oxygen atoms in total. The molecule has 0 aliphatic carbocycles. The molecule has 1 unspecified atom stereocenters. The van der Waals surface area contributed by atoms with Crippen LogP contribution in [-0.2, 0) is 23.8 Å². The first kappa shape index (κ1) is 14.0. The largest absolute Gasteiger partial charge is 0.469 e. The van der Waals surface area contributed by atoms with Gasteiger partial charge in [0.15, 0.2) is 6.10 Å². The summed E-state index contributed by atoms with van der Waals surface area (Å²) >= 11 is 0. The number of carbonyl (C=O) groups excluding carboxylic acids is 2. The number of ether oxygens (including phenoxy) is 3. The fraction of sp³-hybridized carbons (Fsp3) is 0.833. The van der Waals surface area contributed by atoms with E-state index >= 15 is 0 Å². The second-order valence-corrected chi connectivity index (χ2v) is 4.60. The summed E-state index contributed by atoms with van der Waals surface area (Å²) in [7, 11) is 1.38. The predicted molar refractivity (Wildman–Crippen MR) is 60.1 cm³/mol. The summed E-state index contributed by atoms with van der Waals surface area (Å²) in [4.78, 5) is 22.2. The smallest absolute Gasteiger partial charge is 0.337 e. The molecule has 1 aliphatic heterocycles. The summed E-state index contributed by atoms with van der Waals surface area (Å²) in [6.07, 6.45) is 3.11. The third-order valence-electron chi connectivity index (χ3n) is 2.61. The van der Waals surface area contributed by atoms with Crippen LogP contribution >= 0.6 is 0 Å². The van der Waals surface area contributed by atoms with Gasteiger partial charge in [-0.3, -0.25) is 4.79 Å². The van der Waals surface area contributed by atoms with Crippen molar-refractivity contribution < 1.29 is 23.8 Å². The highest BCUT2D eigenvalue weighted by atomic mass is 16.8. The third-order valence-corrected chi connectivity index (χ3v) is 2.61. The molecule has 0 N–H and O–H groups in total. The lowest BCUT2D eigenvalue weighted by Crippen LogP contribution is -2.21. The lowest BCUT2D eigenvalue weighted by molar-refractivity contribution is -0.160. The molecule has 5 heteroatoms. The minimum Gasteiger partial charge on any atom is -0.469 e. The molecular formula is C12H20O5. The first-order valence-corrected chi connectivity index (χ1v) is 5.92. The van der Waals surface area contributed by atoms with Gasteiger partial charge in [-0.2, -0.15) is 0 Å². The van der Waals surface area contributed by atoms with E-state index in [0.29, 0.717) is 12.8 Å². The van der Waals surface area contributed by atoms with Crippen molar-refractivity contribution in [3.8, 4) is 0 Å². The molecule has 98 valence electrons. The van der Waals surface area contributed by atoms with E-state index in [0.717, 1.165) is 19.3 Å². The number of methoxy groups -OCH3 is 1. The van der Waals surface area contributed by atoms with Crippen LogP contribution in [0.25, 0.3) is 0 Å². The Morgan fingerprint density at radius 3 is 2.59 bits per heavy atom. The molecule has 0 aromatic rings. The molecular weight excluding hydrogens is 224 g/mol. The van der Waals surface area contributed by atoms with Crippen LogP contribution in [0.3, 0.4) is 0 Å². The first-order chi connectivity index (χ1) is 7.94. The Morgan fingerprint density at radius 1 is 1.35 bits per heavy atom. The van der Waals surface area contributed by atoms with Crippen LogP contribution in [0.1, 0.15) is 46.0 Å². The first-order valence-electron chi connectivity index (χ1n) is 5.92. The van der Waals surface area contributed by atoms with E-state index in [1.54, 1.807) is 13.8 Å². The van der Waals surface area contributed by atoms with Crippen LogP contribution in [0.2, 0.25) is 0 Å². The Bertz CT molecular complexity index is 285. The maximum atomic E-state index is 11.4. The van der Waals surface area contributed by atoms with E-state index < -0.39 is 11.9 Å². The summed E-state index contributed by atoms with van der Waals surface area (Å²) in [5, 5.41) is 0. The third kappa shape index (κ3) is 4.73. The highest BCUT2D eigenvalue weighted by Gasteiger charge is 2.40. The van der Waals surface area contributed by atoms with E-state index in [1.165, 1.54) is 7.11 Å². The van der Waals surface area contributed by atoms with Crippen molar-refractivity contribution in [1.82, 2.24) is 0 Å². The molecule has 0 spiro atoms. The second-order valence-electron chi connectivity index (χ2n) is 4.60. The quantitative estimate of drug-likeness (QED) is 0.526. The van der Waals surface area contributed by atoms with Gasteiger partial charge in [-0.1, -0.05) is 12.8 Å². The molecule has 0 radical (unpaired) electrons. The number of rotatable bonds is 6. The minimum absolute atomic E-state index is 0.192. The monoisotopic (exact) mass is 244 g/mol. The topological polar surface area (TPSA) is 61.8 Å². The van der Waals surface area contributed by atoms with Crippen molar-refractivity contribution in [3.63, 3.8) is 0 Å². The van der Waals surface area contributed by atoms with Crippen LogP contribution in [-0.4, -0.2) is 30.9 Å². The summed E-state index contributed by atoms with van der Waals surface area (Å²) in [5.41, 5.74) is 0. The van der Waals surface area contributed by atoms with Gasteiger partial charge in [0.25, 0.3) is 0 Å². The van der Waals surface area contributed by atoms with Crippen LogP contribution < -0.4 is 0 Å². The van der Waals surface area contributed by atoms with Crippen LogP contribution in [0.15, 0.2) is 0 Å². The maximum absolute atomic E-state index is 11.4. The van der Waals surface area contributed by atoms with Crippen molar-refractivity contribution >= 4 is 11.9 Å². The van der Waals surface area contributed by atoms with E-state index in [9.17, 15) is 9.59 Å². The molecule has 0 aromatic carbocycles. The Labute approximate surface area is 101 Å². The lowest BCUT2D eigenvalue weighted by atomic mass is 10.1. The molecule has 1 rings (SSSR count).